The summed E-state index contributed by atoms with van der Waals surface area (Å²) in [6.07, 6.45) is 0. The average molecular weight is 521 g/mol. The summed E-state index contributed by atoms with van der Waals surface area (Å²) in [7, 11) is 0. The Morgan fingerprint density at radius 3 is 0.927 bits per heavy atom. The first-order valence-corrected chi connectivity index (χ1v) is 14.0. The molecule has 0 bridgehead atoms. The third kappa shape index (κ3) is 4.44. The molecule has 0 nitrogen and oxygen atoms in total. The van der Waals surface area contributed by atoms with Crippen molar-refractivity contribution in [2.24, 2.45) is 0 Å². The zero-order valence-corrected chi connectivity index (χ0v) is 23.4. The van der Waals surface area contributed by atoms with Crippen LogP contribution in [-0.4, -0.2) is 8.41 Å². The van der Waals surface area contributed by atoms with Gasteiger partial charge in [-0.3, -0.25) is 0 Å². The van der Waals surface area contributed by atoms with E-state index in [4.69, 9.17) is 0 Å². The molecule has 0 aliphatic carbocycles. The van der Waals surface area contributed by atoms with Crippen molar-refractivity contribution in [1.82, 2.24) is 0 Å². The van der Waals surface area contributed by atoms with E-state index in [1.807, 2.05) is 0 Å². The molecule has 0 aliphatic rings. The topological polar surface area (TPSA) is 0 Å². The molecule has 0 amide bonds. The van der Waals surface area contributed by atoms with Gasteiger partial charge in [-0.15, -0.1) is 0 Å². The SMILES string of the molecule is Cc1c(-c2ccccc2)cccc1-c1c2ccccc2c(-c2cccc(-c3ccccc3)c2C)c2ccccc12.[B]. The molecule has 0 heterocycles. The third-order valence-electron chi connectivity index (χ3n) is 8.31. The molecule has 0 unspecified atom stereocenters. The van der Waals surface area contributed by atoms with Gasteiger partial charge in [0.25, 0.3) is 0 Å². The van der Waals surface area contributed by atoms with E-state index < -0.39 is 0 Å². The number of benzene rings is 7. The first kappa shape index (κ1) is 26.4. The summed E-state index contributed by atoms with van der Waals surface area (Å²) in [6, 6.07) is 52.8. The zero-order chi connectivity index (χ0) is 27.1. The molecule has 1 heteroatoms. The Kier molecular flexibility index (Phi) is 7.04. The van der Waals surface area contributed by atoms with Crippen molar-refractivity contribution in [3.63, 3.8) is 0 Å². The molecule has 7 rings (SSSR count). The minimum absolute atomic E-state index is 0. The van der Waals surface area contributed by atoms with Crippen molar-refractivity contribution >= 4 is 30.0 Å². The Bertz CT molecular complexity index is 1800. The maximum Gasteiger partial charge on any atom is 0 e. The lowest BCUT2D eigenvalue weighted by Crippen LogP contribution is -1.95. The fourth-order valence-electron chi connectivity index (χ4n) is 6.38. The van der Waals surface area contributed by atoms with Gasteiger partial charge in [-0.25, -0.2) is 0 Å². The summed E-state index contributed by atoms with van der Waals surface area (Å²) in [6.45, 7) is 4.53. The second-order valence-electron chi connectivity index (χ2n) is 10.5. The molecule has 0 saturated heterocycles. The van der Waals surface area contributed by atoms with E-state index in [0.29, 0.717) is 0 Å². The van der Waals surface area contributed by atoms with Crippen molar-refractivity contribution in [2.75, 3.05) is 0 Å². The Balaban J connectivity index is 0.00000302. The van der Waals surface area contributed by atoms with Crippen LogP contribution >= 0.6 is 0 Å². The molecule has 0 fully saturated rings. The van der Waals surface area contributed by atoms with E-state index in [2.05, 4.69) is 159 Å². The number of rotatable bonds is 4. The van der Waals surface area contributed by atoms with E-state index in [9.17, 15) is 0 Å². The van der Waals surface area contributed by atoms with Gasteiger partial charge >= 0.3 is 0 Å². The zero-order valence-electron chi connectivity index (χ0n) is 23.4. The summed E-state index contributed by atoms with van der Waals surface area (Å²) in [5.74, 6) is 0. The molecular weight excluding hydrogens is 491 g/mol. The summed E-state index contributed by atoms with van der Waals surface area (Å²) < 4.78 is 0. The predicted molar refractivity (Wildman–Crippen MR) is 178 cm³/mol. The summed E-state index contributed by atoms with van der Waals surface area (Å²) in [5.41, 5.74) is 12.9. The highest BCUT2D eigenvalue weighted by atomic mass is 14.2. The molecule has 3 radical (unpaired) electrons. The van der Waals surface area contributed by atoms with Crippen LogP contribution in [-0.2, 0) is 0 Å². The first-order valence-electron chi connectivity index (χ1n) is 14.0. The predicted octanol–water partition coefficient (Wildman–Crippen LogP) is 10.9. The van der Waals surface area contributed by atoms with Gasteiger partial charge in [-0.1, -0.05) is 146 Å². The van der Waals surface area contributed by atoms with Gasteiger partial charge in [-0.05, 0) is 91.0 Å². The molecule has 41 heavy (non-hydrogen) atoms. The first-order chi connectivity index (χ1) is 19.7. The molecule has 193 valence electrons. The van der Waals surface area contributed by atoms with Gasteiger partial charge in [0, 0.05) is 8.41 Å². The normalized spacial score (nSPS) is 11.0. The number of hydrogen-bond donors (Lipinski definition) is 0. The molecule has 0 spiro atoms. The van der Waals surface area contributed by atoms with Crippen LogP contribution in [0.25, 0.3) is 66.1 Å². The smallest absolute Gasteiger partial charge is 0 e. The monoisotopic (exact) mass is 521 g/mol. The fraction of sp³-hybridized carbons (Fsp3) is 0.0500. The second-order valence-corrected chi connectivity index (χ2v) is 10.5. The van der Waals surface area contributed by atoms with E-state index in [1.165, 1.54) is 77.2 Å². The summed E-state index contributed by atoms with van der Waals surface area (Å²) in [4.78, 5) is 0. The molecule has 0 N–H and O–H groups in total. The van der Waals surface area contributed by atoms with E-state index in [1.54, 1.807) is 0 Å². The van der Waals surface area contributed by atoms with Crippen molar-refractivity contribution < 1.29 is 0 Å². The Hall–Kier alpha value is -4.88. The number of hydrogen-bond acceptors (Lipinski definition) is 0. The largest absolute Gasteiger partial charge is 0.0622 e. The Morgan fingerprint density at radius 1 is 0.293 bits per heavy atom. The van der Waals surface area contributed by atoms with Crippen LogP contribution < -0.4 is 0 Å². The van der Waals surface area contributed by atoms with Gasteiger partial charge < -0.3 is 0 Å². The van der Waals surface area contributed by atoms with E-state index in [0.717, 1.165) is 0 Å². The van der Waals surface area contributed by atoms with Gasteiger partial charge in [0.05, 0.1) is 0 Å². The van der Waals surface area contributed by atoms with Gasteiger partial charge in [0.15, 0.2) is 0 Å². The van der Waals surface area contributed by atoms with Gasteiger partial charge in [0.1, 0.15) is 0 Å². The maximum atomic E-state index is 2.30. The van der Waals surface area contributed by atoms with E-state index >= 15 is 0 Å². The van der Waals surface area contributed by atoms with Crippen LogP contribution in [0.4, 0.5) is 0 Å². The summed E-state index contributed by atoms with van der Waals surface area (Å²) >= 11 is 0. The van der Waals surface area contributed by atoms with Gasteiger partial charge in [-0.2, -0.15) is 0 Å². The highest BCUT2D eigenvalue weighted by molar-refractivity contribution is 6.22. The molecule has 7 aromatic carbocycles. The lowest BCUT2D eigenvalue weighted by molar-refractivity contribution is 1.45. The Morgan fingerprint density at radius 2 is 0.585 bits per heavy atom. The quantitative estimate of drug-likeness (QED) is 0.160. The van der Waals surface area contributed by atoms with Crippen LogP contribution in [0.2, 0.25) is 0 Å². The van der Waals surface area contributed by atoms with E-state index in [-0.39, 0.29) is 8.41 Å². The average Bonchev–Trinajstić information content (AvgIpc) is 3.01. The summed E-state index contributed by atoms with van der Waals surface area (Å²) in [5, 5.41) is 5.14. The highest BCUT2D eigenvalue weighted by Gasteiger charge is 2.20. The van der Waals surface area contributed by atoms with Crippen molar-refractivity contribution in [3.8, 4) is 44.5 Å². The Labute approximate surface area is 244 Å². The minimum atomic E-state index is 0. The van der Waals surface area contributed by atoms with Gasteiger partial charge in [0.2, 0.25) is 0 Å². The molecule has 0 atom stereocenters. The highest BCUT2D eigenvalue weighted by Crippen LogP contribution is 2.46. The van der Waals surface area contributed by atoms with Crippen molar-refractivity contribution in [2.45, 2.75) is 13.8 Å². The molecule has 0 aromatic heterocycles. The van der Waals surface area contributed by atoms with Crippen molar-refractivity contribution in [3.05, 3.63) is 157 Å². The maximum absolute atomic E-state index is 2.30. The molecule has 0 saturated carbocycles. The van der Waals surface area contributed by atoms with Crippen molar-refractivity contribution in [1.29, 1.82) is 0 Å². The van der Waals surface area contributed by atoms with Crippen LogP contribution in [0, 0.1) is 13.8 Å². The van der Waals surface area contributed by atoms with Crippen LogP contribution in [0.5, 0.6) is 0 Å². The minimum Gasteiger partial charge on any atom is -0.0622 e. The van der Waals surface area contributed by atoms with Crippen LogP contribution in [0.3, 0.4) is 0 Å². The van der Waals surface area contributed by atoms with Crippen LogP contribution in [0.1, 0.15) is 11.1 Å². The molecule has 0 aliphatic heterocycles. The lowest BCUT2D eigenvalue weighted by atomic mass is 9.82. The fourth-order valence-corrected chi connectivity index (χ4v) is 6.38. The second kappa shape index (κ2) is 10.9. The third-order valence-corrected chi connectivity index (χ3v) is 8.31. The lowest BCUT2D eigenvalue weighted by Gasteiger charge is -2.21. The molecule has 7 aromatic rings. The molecular formula is C40H30B. The number of fused-ring (bicyclic) bond motifs is 2. The standard InChI is InChI=1S/C40H30.B/c1-27-31(29-15-5-3-6-16-29)23-13-25-33(27)39-35-19-9-11-21-37(35)40(38-22-12-10-20-36(38)39)34-26-14-24-32(28(34)2)30-17-7-4-8-18-30;/h3-26H,1-2H3;. The van der Waals surface area contributed by atoms with Crippen LogP contribution in [0.15, 0.2) is 146 Å².